The third-order valence-corrected chi connectivity index (χ3v) is 8.09. The molecule has 3 aromatic heterocycles. The van der Waals surface area contributed by atoms with Crippen molar-refractivity contribution < 1.29 is 9.53 Å². The predicted molar refractivity (Wildman–Crippen MR) is 146 cm³/mol. The summed E-state index contributed by atoms with van der Waals surface area (Å²) in [6, 6.07) is 6.46. The molecule has 3 aromatic rings. The molecule has 5 heterocycles. The van der Waals surface area contributed by atoms with Gasteiger partial charge in [0.1, 0.15) is 11.5 Å². The van der Waals surface area contributed by atoms with Crippen molar-refractivity contribution in [2.24, 2.45) is 17.6 Å². The molecule has 0 aromatic carbocycles. The van der Waals surface area contributed by atoms with Crippen LogP contribution in [0.4, 0.5) is 5.82 Å². The van der Waals surface area contributed by atoms with Crippen molar-refractivity contribution in [2.75, 3.05) is 51.3 Å². The smallest absolute Gasteiger partial charge is 0.225 e. The number of hydrogen-bond acceptors (Lipinski definition) is 7. The van der Waals surface area contributed by atoms with E-state index in [0.717, 1.165) is 116 Å². The fraction of sp³-hybridized carbons (Fsp3) is 0.536. The Kier molecular flexibility index (Phi) is 6.40. The van der Waals surface area contributed by atoms with E-state index in [1.165, 1.54) is 0 Å². The Morgan fingerprint density at radius 1 is 1.14 bits per heavy atom. The lowest BCUT2D eigenvalue weighted by molar-refractivity contribution is -0.132. The highest BCUT2D eigenvalue weighted by Gasteiger charge is 2.34. The molecule has 0 spiro atoms. The zero-order chi connectivity index (χ0) is 25.5. The first-order valence-corrected chi connectivity index (χ1v) is 13.6. The molecule has 1 saturated carbocycles. The van der Waals surface area contributed by atoms with E-state index >= 15 is 0 Å². The number of fused-ring (bicyclic) bond motifs is 3. The lowest BCUT2D eigenvalue weighted by Gasteiger charge is -2.35. The summed E-state index contributed by atoms with van der Waals surface area (Å²) in [6.45, 7) is 7.57. The molecular weight excluding hydrogens is 466 g/mol. The molecule has 9 nitrogen and oxygen atoms in total. The maximum atomic E-state index is 12.5. The molecule has 0 atom stereocenters. The Labute approximate surface area is 217 Å². The van der Waals surface area contributed by atoms with Crippen LogP contribution in [0.3, 0.4) is 0 Å². The zero-order valence-corrected chi connectivity index (χ0v) is 21.9. The average molecular weight is 504 g/mol. The van der Waals surface area contributed by atoms with Crippen LogP contribution in [-0.4, -0.2) is 71.8 Å². The number of amides is 1. The van der Waals surface area contributed by atoms with Gasteiger partial charge in [-0.25, -0.2) is 4.98 Å². The van der Waals surface area contributed by atoms with Gasteiger partial charge < -0.3 is 30.2 Å². The number of rotatable bonds is 6. The first-order chi connectivity index (χ1) is 18.0. The van der Waals surface area contributed by atoms with Gasteiger partial charge in [-0.2, -0.15) is 0 Å². The maximum Gasteiger partial charge on any atom is 0.225 e. The topological polar surface area (TPSA) is 102 Å². The van der Waals surface area contributed by atoms with E-state index < -0.39 is 0 Å². The standard InChI is InChI=1S/C28H37N7O2/c1-18(29)25(30-2)21-15-23-26(31-16-21)22-5-6-24(32-27(22)35(23)17-19-7-13-37-14-8-19)33-9-11-34(12-10-33)28(36)20-3-4-20/h5-6,15-16,19-20,30H,3-4,7-14,17,29H2,1-2H3/b25-18-. The van der Waals surface area contributed by atoms with Gasteiger partial charge in [-0.05, 0) is 56.7 Å². The first kappa shape index (κ1) is 24.0. The highest BCUT2D eigenvalue weighted by atomic mass is 16.5. The number of ether oxygens (including phenoxy) is 1. The number of pyridine rings is 2. The minimum Gasteiger partial charge on any atom is -0.401 e. The second kappa shape index (κ2) is 9.85. The van der Waals surface area contributed by atoms with Gasteiger partial charge in [-0.1, -0.05) is 0 Å². The van der Waals surface area contributed by atoms with E-state index in [9.17, 15) is 4.79 Å². The largest absolute Gasteiger partial charge is 0.401 e. The molecular formula is C28H37N7O2. The SMILES string of the molecule is CN/C(=C(/C)N)c1cnc2c3ccc(N4CCN(C(=O)C5CC5)CC4)nc3n(CC3CCOCC3)c2c1. The number of carbonyl (C=O) groups is 1. The molecule has 3 fully saturated rings. The zero-order valence-electron chi connectivity index (χ0n) is 21.9. The molecule has 6 rings (SSSR count). The average Bonchev–Trinajstić information content (AvgIpc) is 3.74. The molecule has 2 saturated heterocycles. The molecule has 2 aliphatic heterocycles. The number of piperazine rings is 1. The second-order valence-corrected chi connectivity index (χ2v) is 10.7. The van der Waals surface area contributed by atoms with Crippen LogP contribution in [-0.2, 0) is 16.1 Å². The van der Waals surface area contributed by atoms with Crippen molar-refractivity contribution in [1.82, 2.24) is 24.8 Å². The Balaban J connectivity index is 1.37. The van der Waals surface area contributed by atoms with E-state index in [1.807, 2.05) is 25.1 Å². The van der Waals surface area contributed by atoms with Gasteiger partial charge in [-0.3, -0.25) is 9.78 Å². The molecule has 0 radical (unpaired) electrons. The quantitative estimate of drug-likeness (QED) is 0.533. The Morgan fingerprint density at radius 2 is 1.89 bits per heavy atom. The van der Waals surface area contributed by atoms with Gasteiger partial charge in [0, 0.05) is 81.7 Å². The number of anilines is 1. The summed E-state index contributed by atoms with van der Waals surface area (Å²) in [4.78, 5) is 27.0. The van der Waals surface area contributed by atoms with Crippen LogP contribution in [0.15, 0.2) is 30.1 Å². The van der Waals surface area contributed by atoms with E-state index in [-0.39, 0.29) is 5.92 Å². The van der Waals surface area contributed by atoms with Crippen molar-refractivity contribution >= 4 is 39.5 Å². The summed E-state index contributed by atoms with van der Waals surface area (Å²) in [5.41, 5.74) is 11.8. The summed E-state index contributed by atoms with van der Waals surface area (Å²) in [6.07, 6.45) is 6.11. The van der Waals surface area contributed by atoms with E-state index in [0.29, 0.717) is 11.8 Å². The third-order valence-electron chi connectivity index (χ3n) is 8.09. The van der Waals surface area contributed by atoms with E-state index in [1.54, 1.807) is 0 Å². The maximum absolute atomic E-state index is 12.5. The summed E-state index contributed by atoms with van der Waals surface area (Å²) < 4.78 is 7.98. The van der Waals surface area contributed by atoms with Crippen LogP contribution in [0.2, 0.25) is 0 Å². The molecule has 0 unspecified atom stereocenters. The van der Waals surface area contributed by atoms with Crippen molar-refractivity contribution in [3.05, 3.63) is 35.7 Å². The van der Waals surface area contributed by atoms with E-state index in [4.69, 9.17) is 20.4 Å². The van der Waals surface area contributed by atoms with Gasteiger partial charge >= 0.3 is 0 Å². The van der Waals surface area contributed by atoms with Crippen LogP contribution in [0.5, 0.6) is 0 Å². The van der Waals surface area contributed by atoms with Crippen LogP contribution < -0.4 is 16.0 Å². The van der Waals surface area contributed by atoms with Crippen molar-refractivity contribution in [3.8, 4) is 0 Å². The van der Waals surface area contributed by atoms with Crippen LogP contribution in [0, 0.1) is 11.8 Å². The molecule has 196 valence electrons. The first-order valence-electron chi connectivity index (χ1n) is 13.6. The van der Waals surface area contributed by atoms with Crippen molar-refractivity contribution in [1.29, 1.82) is 0 Å². The van der Waals surface area contributed by atoms with Gasteiger partial charge in [0.05, 0.1) is 16.7 Å². The Morgan fingerprint density at radius 3 is 2.57 bits per heavy atom. The normalized spacial score (nSPS) is 19.9. The van der Waals surface area contributed by atoms with E-state index in [2.05, 4.69) is 33.0 Å². The highest BCUT2D eigenvalue weighted by Crippen LogP contribution is 2.33. The Hall–Kier alpha value is -3.33. The summed E-state index contributed by atoms with van der Waals surface area (Å²) in [5.74, 6) is 2.12. The minimum atomic E-state index is 0.278. The fourth-order valence-corrected chi connectivity index (χ4v) is 5.81. The van der Waals surface area contributed by atoms with Crippen LogP contribution in [0.1, 0.15) is 38.2 Å². The fourth-order valence-electron chi connectivity index (χ4n) is 5.81. The molecule has 3 N–H and O–H groups in total. The number of nitrogens with one attached hydrogen (secondary N) is 1. The van der Waals surface area contributed by atoms with Crippen molar-refractivity contribution in [3.63, 3.8) is 0 Å². The predicted octanol–water partition coefficient (Wildman–Crippen LogP) is 2.94. The monoisotopic (exact) mass is 503 g/mol. The van der Waals surface area contributed by atoms with Crippen molar-refractivity contribution in [2.45, 2.75) is 39.2 Å². The highest BCUT2D eigenvalue weighted by molar-refractivity contribution is 6.05. The van der Waals surface area contributed by atoms with Crippen LogP contribution >= 0.6 is 0 Å². The number of nitrogens with two attached hydrogens (primary N) is 1. The number of nitrogens with zero attached hydrogens (tertiary/aromatic N) is 5. The number of aromatic nitrogens is 3. The van der Waals surface area contributed by atoms with Gasteiger partial charge in [-0.15, -0.1) is 0 Å². The summed E-state index contributed by atoms with van der Waals surface area (Å²) in [5, 5.41) is 4.30. The summed E-state index contributed by atoms with van der Waals surface area (Å²) in [7, 11) is 1.89. The van der Waals surface area contributed by atoms with Crippen LogP contribution in [0.25, 0.3) is 27.8 Å². The number of hydrogen-bond donors (Lipinski definition) is 2. The molecule has 1 amide bonds. The van der Waals surface area contributed by atoms with Gasteiger partial charge in [0.2, 0.25) is 5.91 Å². The number of carbonyl (C=O) groups excluding carboxylic acids is 1. The minimum absolute atomic E-state index is 0.278. The van der Waals surface area contributed by atoms with Gasteiger partial charge in [0.25, 0.3) is 0 Å². The Bertz CT molecular complexity index is 1340. The third kappa shape index (κ3) is 4.61. The second-order valence-electron chi connectivity index (χ2n) is 10.7. The lowest BCUT2D eigenvalue weighted by Crippen LogP contribution is -2.49. The molecule has 3 aliphatic rings. The molecule has 9 heteroatoms. The van der Waals surface area contributed by atoms with Gasteiger partial charge in [0.15, 0.2) is 0 Å². The number of allylic oxidation sites excluding steroid dienone is 1. The lowest BCUT2D eigenvalue weighted by atomic mass is 10.0. The molecule has 0 bridgehead atoms. The molecule has 37 heavy (non-hydrogen) atoms. The molecule has 1 aliphatic carbocycles. The summed E-state index contributed by atoms with van der Waals surface area (Å²) >= 11 is 0.